The Morgan fingerprint density at radius 2 is 1.69 bits per heavy atom. The van der Waals surface area contributed by atoms with E-state index in [1.807, 2.05) is 7.05 Å². The van der Waals surface area contributed by atoms with E-state index in [0.717, 1.165) is 23.9 Å². The van der Waals surface area contributed by atoms with Gasteiger partial charge in [-0.25, -0.2) is 42.8 Å². The third kappa shape index (κ3) is 8.17. The lowest BCUT2D eigenvalue weighted by molar-refractivity contribution is 0.0503. The van der Waals surface area contributed by atoms with Gasteiger partial charge >= 0.3 is 18.2 Å². The van der Waals surface area contributed by atoms with Gasteiger partial charge in [-0.2, -0.15) is 0 Å². The second kappa shape index (κ2) is 16.2. The monoisotopic (exact) mass is 846 g/mol. The van der Waals surface area contributed by atoms with Crippen LogP contribution in [0, 0.1) is 17.6 Å². The molecule has 0 unspecified atom stereocenters. The van der Waals surface area contributed by atoms with Gasteiger partial charge in [0.05, 0.1) is 52.8 Å². The van der Waals surface area contributed by atoms with Crippen molar-refractivity contribution >= 4 is 62.5 Å². The molecule has 0 radical (unpaired) electrons. The van der Waals surface area contributed by atoms with Crippen molar-refractivity contribution in [2.24, 2.45) is 5.92 Å². The van der Waals surface area contributed by atoms with Crippen LogP contribution in [0.3, 0.4) is 0 Å². The summed E-state index contributed by atoms with van der Waals surface area (Å²) in [5.41, 5.74) is -1.07. The van der Waals surface area contributed by atoms with E-state index in [1.54, 1.807) is 60.7 Å². The number of aromatic nitrogens is 4. The van der Waals surface area contributed by atoms with Gasteiger partial charge in [0, 0.05) is 75.6 Å². The smallest absolute Gasteiger partial charge is 0.429 e. The number of amides is 2. The molecule has 2 aliphatic rings. The molecule has 1 aromatic carbocycles. The molecule has 0 spiro atoms. The molecule has 2 aliphatic heterocycles. The molecule has 2 fully saturated rings. The first-order valence-corrected chi connectivity index (χ1v) is 20.2. The van der Waals surface area contributed by atoms with Gasteiger partial charge in [-0.3, -0.25) is 9.69 Å². The zero-order chi connectivity index (χ0) is 44.3. The maximum Gasteiger partial charge on any atom is 0.429 e. The molecular weight excluding hydrogens is 795 g/mol. The average molecular weight is 847 g/mol. The van der Waals surface area contributed by atoms with Crippen LogP contribution in [0.4, 0.5) is 29.7 Å². The van der Waals surface area contributed by atoms with E-state index in [9.17, 15) is 19.2 Å². The van der Waals surface area contributed by atoms with Gasteiger partial charge in [0.25, 0.3) is 0 Å². The first kappa shape index (κ1) is 43.2. The van der Waals surface area contributed by atoms with Crippen molar-refractivity contribution in [2.45, 2.75) is 72.1 Å². The molecular formula is C43H52F2N8O8. The fourth-order valence-corrected chi connectivity index (χ4v) is 8.24. The number of H-pyrrole nitrogens is 1. The average Bonchev–Trinajstić information content (AvgIpc) is 3.87. The molecule has 2 saturated heterocycles. The van der Waals surface area contributed by atoms with Crippen LogP contribution < -0.4 is 20.2 Å². The zero-order valence-corrected chi connectivity index (χ0v) is 36.1. The number of hydrogen-bond acceptors (Lipinski definition) is 12. The fraction of sp³-hybridized carbons (Fsp3) is 0.488. The second-order valence-electron chi connectivity index (χ2n) is 17.5. The van der Waals surface area contributed by atoms with Crippen LogP contribution in [0.25, 0.3) is 44.1 Å². The van der Waals surface area contributed by atoms with Crippen LogP contribution in [0.5, 0.6) is 0 Å². The molecule has 6 heterocycles. The first-order valence-electron chi connectivity index (χ1n) is 20.2. The third-order valence-corrected chi connectivity index (χ3v) is 10.8. The summed E-state index contributed by atoms with van der Waals surface area (Å²) in [5.74, 6) is -2.96. The number of carbonyl (C=O) groups excluding carboxylic acids is 3. The molecule has 0 aliphatic carbocycles. The van der Waals surface area contributed by atoms with Crippen LogP contribution in [0.1, 0.15) is 65.2 Å². The number of anilines is 2. The van der Waals surface area contributed by atoms with Gasteiger partial charge in [-0.1, -0.05) is 0 Å². The Bertz CT molecular complexity index is 2620. The lowest BCUT2D eigenvalue weighted by Gasteiger charge is -2.30. The van der Waals surface area contributed by atoms with Crippen LogP contribution >= 0.6 is 0 Å². The Kier molecular flexibility index (Phi) is 11.5. The van der Waals surface area contributed by atoms with E-state index in [1.165, 1.54) is 36.2 Å². The second-order valence-corrected chi connectivity index (χ2v) is 17.5. The summed E-state index contributed by atoms with van der Waals surface area (Å²) < 4.78 is 55.5. The summed E-state index contributed by atoms with van der Waals surface area (Å²) in [6, 6.07) is 2.48. The predicted octanol–water partition coefficient (Wildman–Crippen LogP) is 6.58. The number of nitrogens with zero attached hydrogens (tertiary/aromatic N) is 7. The van der Waals surface area contributed by atoms with E-state index < -0.39 is 46.4 Å². The summed E-state index contributed by atoms with van der Waals surface area (Å²) in [4.78, 5) is 72.8. The van der Waals surface area contributed by atoms with E-state index in [-0.39, 0.29) is 75.9 Å². The lowest BCUT2D eigenvalue weighted by Crippen LogP contribution is -2.46. The van der Waals surface area contributed by atoms with Crippen molar-refractivity contribution in [1.29, 1.82) is 0 Å². The molecule has 326 valence electrons. The highest BCUT2D eigenvalue weighted by Gasteiger charge is 2.42. The van der Waals surface area contributed by atoms with Crippen LogP contribution in [0.15, 0.2) is 35.5 Å². The number of likely N-dealkylation sites (tertiary alicyclic amines) is 1. The van der Waals surface area contributed by atoms with Gasteiger partial charge in [0.15, 0.2) is 17.3 Å². The van der Waals surface area contributed by atoms with Gasteiger partial charge in [0.2, 0.25) is 5.43 Å². The highest BCUT2D eigenvalue weighted by atomic mass is 19.2. The van der Waals surface area contributed by atoms with Gasteiger partial charge in [-0.05, 0) is 73.9 Å². The number of hydrogen-bond donors (Lipinski definition) is 1. The van der Waals surface area contributed by atoms with Gasteiger partial charge < -0.3 is 33.7 Å². The Labute approximate surface area is 351 Å². The number of carbonyl (C=O) groups is 3. The van der Waals surface area contributed by atoms with Crippen molar-refractivity contribution in [3.63, 3.8) is 0 Å². The number of halogens is 2. The van der Waals surface area contributed by atoms with Crippen LogP contribution in [-0.2, 0) is 18.9 Å². The fourth-order valence-electron chi connectivity index (χ4n) is 8.24. The minimum Gasteiger partial charge on any atom is -0.462 e. The van der Waals surface area contributed by atoms with E-state index in [2.05, 4.69) is 14.8 Å². The Morgan fingerprint density at radius 1 is 0.984 bits per heavy atom. The van der Waals surface area contributed by atoms with E-state index in [0.29, 0.717) is 29.9 Å². The molecule has 0 saturated carbocycles. The highest BCUT2D eigenvalue weighted by Crippen LogP contribution is 2.47. The number of likely N-dealkylation sites (N-methyl/N-ethyl adjacent to an activating group) is 1. The quantitative estimate of drug-likeness (QED) is 0.125. The topological polar surface area (TPSA) is 165 Å². The van der Waals surface area contributed by atoms with Crippen LogP contribution in [0.2, 0.25) is 0 Å². The molecule has 16 nitrogen and oxygen atoms in total. The van der Waals surface area contributed by atoms with E-state index in [4.69, 9.17) is 28.9 Å². The number of aromatic amines is 1. The summed E-state index contributed by atoms with van der Waals surface area (Å²) in [6.07, 6.45) is 3.54. The van der Waals surface area contributed by atoms with Crippen molar-refractivity contribution in [3.05, 3.63) is 58.1 Å². The van der Waals surface area contributed by atoms with Crippen molar-refractivity contribution in [2.75, 3.05) is 75.4 Å². The SMILES string of the molecule is CCOC(=O)c1cn(N(CCOC)C(=O)OC(C)(C)C)c2ncc(-c3cnc4[nH]c5c(N(C)C(=O)OC(C)(C)C)cc(F)c(F)c5c4c3N3CC[C@H]4CN(C)C[C@H]43)cc2c1=O. The molecule has 2 amide bonds. The maximum atomic E-state index is 16.5. The number of pyridine rings is 3. The normalized spacial score (nSPS) is 17.0. The number of rotatable bonds is 9. The molecule has 61 heavy (non-hydrogen) atoms. The minimum atomic E-state index is -1.18. The number of methoxy groups -OCH3 is 1. The Morgan fingerprint density at radius 3 is 2.36 bits per heavy atom. The third-order valence-electron chi connectivity index (χ3n) is 10.8. The van der Waals surface area contributed by atoms with Crippen LogP contribution in [-0.4, -0.2) is 121 Å². The molecule has 4 aromatic heterocycles. The zero-order valence-electron chi connectivity index (χ0n) is 36.1. The molecule has 18 heteroatoms. The number of esters is 1. The number of fused-ring (bicyclic) bond motifs is 5. The largest absolute Gasteiger partial charge is 0.462 e. The number of nitrogens with one attached hydrogen (secondary N) is 1. The summed E-state index contributed by atoms with van der Waals surface area (Å²) >= 11 is 0. The summed E-state index contributed by atoms with van der Waals surface area (Å²) in [6.45, 7) is 14.0. The summed E-state index contributed by atoms with van der Waals surface area (Å²) in [5, 5.41) is 1.29. The van der Waals surface area contributed by atoms with Gasteiger partial charge in [-0.15, -0.1) is 0 Å². The molecule has 1 N–H and O–H groups in total. The minimum absolute atomic E-state index is 0.0101. The first-order chi connectivity index (χ1) is 28.7. The van der Waals surface area contributed by atoms with Crippen molar-refractivity contribution < 1.29 is 42.1 Å². The lowest BCUT2D eigenvalue weighted by atomic mass is 9.99. The van der Waals surface area contributed by atoms with E-state index >= 15 is 8.78 Å². The van der Waals surface area contributed by atoms with Crippen molar-refractivity contribution in [3.8, 4) is 11.1 Å². The molecule has 5 aromatic rings. The predicted molar refractivity (Wildman–Crippen MR) is 227 cm³/mol. The number of benzene rings is 1. The maximum absolute atomic E-state index is 16.5. The molecule has 2 atom stereocenters. The van der Waals surface area contributed by atoms with Crippen molar-refractivity contribution in [1.82, 2.24) is 24.5 Å². The Balaban J connectivity index is 1.51. The number of ether oxygens (including phenoxy) is 4. The Hall–Kier alpha value is -5.88. The molecule has 0 bridgehead atoms. The standard InChI is InChI=1S/C43H52F2N8O8/c1-11-59-39(55)27-21-53(52(14-15-58-10)41(57)61-43(5,6)7)38-25(36(27)54)16-24(18-47-38)26-19-46-37-32(35(26)51-13-12-23-20-49(8)22-30(23)51)31-33(45)28(44)17-29(34(31)48-37)50(9)40(56)60-42(2,3)4/h16-19,21,23,30H,11-15,20,22H2,1-10H3,(H,46,48)/t23-,30+/m0/s1. The summed E-state index contributed by atoms with van der Waals surface area (Å²) in [7, 11) is 4.92. The highest BCUT2D eigenvalue weighted by molar-refractivity contribution is 6.19. The van der Waals surface area contributed by atoms with Gasteiger partial charge in [0.1, 0.15) is 22.4 Å². The molecule has 7 rings (SSSR count).